The number of fused-ring (bicyclic) bond motifs is 1. The van der Waals surface area contributed by atoms with E-state index in [-0.39, 0.29) is 5.82 Å². The van der Waals surface area contributed by atoms with E-state index in [1.54, 1.807) is 32.9 Å². The highest BCUT2D eigenvalue weighted by atomic mass is 19.1. The third kappa shape index (κ3) is 6.04. The number of halogens is 1. The van der Waals surface area contributed by atoms with Crippen LogP contribution < -0.4 is 5.32 Å². The summed E-state index contributed by atoms with van der Waals surface area (Å²) in [5.41, 5.74) is 2.91. The van der Waals surface area contributed by atoms with Crippen molar-refractivity contribution in [3.8, 4) is 0 Å². The fourth-order valence-electron chi connectivity index (χ4n) is 3.54. The molecule has 1 amide bonds. The zero-order valence-electron chi connectivity index (χ0n) is 18.6. The van der Waals surface area contributed by atoms with Crippen LogP contribution >= 0.6 is 0 Å². The monoisotopic (exact) mass is 427 g/mol. The quantitative estimate of drug-likeness (QED) is 0.557. The topological polar surface area (TPSA) is 74.2 Å². The number of carbonyl (C=O) groups excluding carboxylic acids is 1. The SMILES string of the molecule is CC(=Nc1ccc2c(c1)C(NC(=O)OC(C)(C)C)C(O)C2)N(C)Cc1ccc(F)cc1. The van der Waals surface area contributed by atoms with E-state index in [0.717, 1.165) is 28.2 Å². The molecule has 3 rings (SSSR count). The van der Waals surface area contributed by atoms with E-state index in [1.807, 2.05) is 37.1 Å². The Hall–Kier alpha value is -2.93. The van der Waals surface area contributed by atoms with Crippen LogP contribution in [0.4, 0.5) is 14.9 Å². The molecule has 1 aliphatic rings. The highest BCUT2D eigenvalue weighted by molar-refractivity contribution is 5.82. The highest BCUT2D eigenvalue weighted by Crippen LogP contribution is 2.34. The van der Waals surface area contributed by atoms with Crippen LogP contribution in [0.2, 0.25) is 0 Å². The minimum atomic E-state index is -0.719. The summed E-state index contributed by atoms with van der Waals surface area (Å²) < 4.78 is 18.4. The van der Waals surface area contributed by atoms with Gasteiger partial charge in [0.25, 0.3) is 0 Å². The third-order valence-electron chi connectivity index (χ3n) is 5.13. The number of alkyl carbamates (subject to hydrolysis) is 1. The average molecular weight is 428 g/mol. The van der Waals surface area contributed by atoms with Gasteiger partial charge in [0.05, 0.1) is 17.8 Å². The second-order valence-electron chi connectivity index (χ2n) is 8.92. The van der Waals surface area contributed by atoms with Gasteiger partial charge in [-0.3, -0.25) is 0 Å². The molecule has 2 unspecified atom stereocenters. The van der Waals surface area contributed by atoms with Gasteiger partial charge >= 0.3 is 6.09 Å². The summed E-state index contributed by atoms with van der Waals surface area (Å²) in [7, 11) is 1.92. The van der Waals surface area contributed by atoms with E-state index in [1.165, 1.54) is 12.1 Å². The van der Waals surface area contributed by atoms with E-state index in [0.29, 0.717) is 13.0 Å². The number of nitrogens with one attached hydrogen (secondary N) is 1. The first-order valence-electron chi connectivity index (χ1n) is 10.3. The Balaban J connectivity index is 1.74. The first-order valence-corrected chi connectivity index (χ1v) is 10.3. The first kappa shape index (κ1) is 22.7. The molecule has 0 bridgehead atoms. The van der Waals surface area contributed by atoms with Gasteiger partial charge < -0.3 is 20.1 Å². The van der Waals surface area contributed by atoms with Crippen LogP contribution in [0.1, 0.15) is 50.4 Å². The summed E-state index contributed by atoms with van der Waals surface area (Å²) in [6, 6.07) is 11.6. The molecule has 7 heteroatoms. The van der Waals surface area contributed by atoms with Crippen LogP contribution in [0.3, 0.4) is 0 Å². The smallest absolute Gasteiger partial charge is 0.408 e. The zero-order chi connectivity index (χ0) is 22.8. The third-order valence-corrected chi connectivity index (χ3v) is 5.13. The maximum atomic E-state index is 13.1. The summed E-state index contributed by atoms with van der Waals surface area (Å²) in [6.45, 7) is 7.89. The second kappa shape index (κ2) is 9.06. The Morgan fingerprint density at radius 2 is 1.94 bits per heavy atom. The largest absolute Gasteiger partial charge is 0.444 e. The van der Waals surface area contributed by atoms with Gasteiger partial charge in [0.2, 0.25) is 0 Å². The Labute approximate surface area is 182 Å². The van der Waals surface area contributed by atoms with Crippen LogP contribution in [-0.4, -0.2) is 40.7 Å². The first-order chi connectivity index (χ1) is 14.5. The number of aliphatic imine (C=N–C) groups is 1. The zero-order valence-corrected chi connectivity index (χ0v) is 18.6. The van der Waals surface area contributed by atoms with Crippen molar-refractivity contribution in [2.75, 3.05) is 7.05 Å². The van der Waals surface area contributed by atoms with Crippen LogP contribution in [0.25, 0.3) is 0 Å². The second-order valence-corrected chi connectivity index (χ2v) is 8.92. The summed E-state index contributed by atoms with van der Waals surface area (Å²) in [4.78, 5) is 18.9. The van der Waals surface area contributed by atoms with E-state index in [4.69, 9.17) is 9.73 Å². The maximum absolute atomic E-state index is 13.1. The molecule has 0 aliphatic heterocycles. The normalized spacial score (nSPS) is 18.5. The van der Waals surface area contributed by atoms with Gasteiger partial charge in [-0.05, 0) is 68.7 Å². The van der Waals surface area contributed by atoms with E-state index < -0.39 is 23.8 Å². The van der Waals surface area contributed by atoms with Crippen LogP contribution in [0.15, 0.2) is 47.5 Å². The number of hydrogen-bond donors (Lipinski definition) is 2. The van der Waals surface area contributed by atoms with Crippen molar-refractivity contribution in [1.82, 2.24) is 10.2 Å². The van der Waals surface area contributed by atoms with Gasteiger partial charge in [0.1, 0.15) is 17.3 Å². The molecule has 0 radical (unpaired) electrons. The summed E-state index contributed by atoms with van der Waals surface area (Å²) in [6.07, 6.45) is -0.819. The van der Waals surface area contributed by atoms with Gasteiger partial charge in [0.15, 0.2) is 0 Å². The van der Waals surface area contributed by atoms with Crippen molar-refractivity contribution >= 4 is 17.6 Å². The maximum Gasteiger partial charge on any atom is 0.408 e. The van der Waals surface area contributed by atoms with Crippen LogP contribution in [0.5, 0.6) is 0 Å². The highest BCUT2D eigenvalue weighted by Gasteiger charge is 2.33. The standard InChI is InChI=1S/C24H30FN3O3/c1-15(28(5)14-16-6-9-18(25)10-7-16)26-19-11-8-17-12-21(29)22(20(17)13-19)27-23(30)31-24(2,3)4/h6-11,13,21-22,29H,12,14H2,1-5H3,(H,27,30). The Kier molecular flexibility index (Phi) is 6.65. The van der Waals surface area contributed by atoms with Gasteiger partial charge in [-0.25, -0.2) is 14.2 Å². The molecule has 0 spiro atoms. The van der Waals surface area contributed by atoms with Crippen molar-refractivity contribution in [2.45, 2.75) is 58.4 Å². The predicted molar refractivity (Wildman–Crippen MR) is 119 cm³/mol. The lowest BCUT2D eigenvalue weighted by Gasteiger charge is -2.23. The summed E-state index contributed by atoms with van der Waals surface area (Å²) in [5.74, 6) is 0.533. The number of ether oxygens (including phenoxy) is 1. The lowest BCUT2D eigenvalue weighted by Crippen LogP contribution is -2.38. The Bertz CT molecular complexity index is 967. The Morgan fingerprint density at radius 1 is 1.26 bits per heavy atom. The van der Waals surface area contributed by atoms with Crippen molar-refractivity contribution in [1.29, 1.82) is 0 Å². The van der Waals surface area contributed by atoms with Crippen LogP contribution in [-0.2, 0) is 17.7 Å². The molecule has 0 saturated heterocycles. The Morgan fingerprint density at radius 3 is 2.58 bits per heavy atom. The van der Waals surface area contributed by atoms with Crippen molar-refractivity contribution in [3.05, 3.63) is 65.0 Å². The minimum Gasteiger partial charge on any atom is -0.444 e. The van der Waals surface area contributed by atoms with Crippen molar-refractivity contribution in [3.63, 3.8) is 0 Å². The molecule has 2 aromatic rings. The molecule has 166 valence electrons. The van der Waals surface area contributed by atoms with Gasteiger partial charge in [-0.1, -0.05) is 18.2 Å². The molecule has 1 aliphatic carbocycles. The number of carbonyl (C=O) groups is 1. The molecule has 0 fully saturated rings. The molecule has 31 heavy (non-hydrogen) atoms. The number of amides is 1. The fourth-order valence-corrected chi connectivity index (χ4v) is 3.54. The van der Waals surface area contributed by atoms with Gasteiger partial charge in [-0.15, -0.1) is 0 Å². The molecule has 0 saturated carbocycles. The minimum absolute atomic E-state index is 0.258. The van der Waals surface area contributed by atoms with Crippen LogP contribution in [0, 0.1) is 5.82 Å². The summed E-state index contributed by atoms with van der Waals surface area (Å²) in [5, 5.41) is 13.2. The molecule has 0 aromatic heterocycles. The molecular formula is C24H30FN3O3. The van der Waals surface area contributed by atoms with Gasteiger partial charge in [0, 0.05) is 20.0 Å². The average Bonchev–Trinajstić information content (AvgIpc) is 2.97. The van der Waals surface area contributed by atoms with Crippen molar-refractivity contribution in [2.24, 2.45) is 4.99 Å². The number of rotatable bonds is 4. The number of aliphatic hydroxyl groups excluding tert-OH is 1. The molecule has 2 N–H and O–H groups in total. The number of hydrogen-bond acceptors (Lipinski definition) is 4. The van der Waals surface area contributed by atoms with E-state index in [2.05, 4.69) is 5.32 Å². The molecule has 2 aromatic carbocycles. The number of amidine groups is 1. The molecule has 0 heterocycles. The molecular weight excluding hydrogens is 397 g/mol. The number of aliphatic hydroxyl groups is 1. The van der Waals surface area contributed by atoms with Gasteiger partial charge in [-0.2, -0.15) is 0 Å². The predicted octanol–water partition coefficient (Wildman–Crippen LogP) is 4.49. The van der Waals surface area contributed by atoms with E-state index in [9.17, 15) is 14.3 Å². The molecule has 6 nitrogen and oxygen atoms in total. The lowest BCUT2D eigenvalue weighted by atomic mass is 10.1. The number of nitrogens with zero attached hydrogens (tertiary/aromatic N) is 2. The summed E-state index contributed by atoms with van der Waals surface area (Å²) >= 11 is 0. The van der Waals surface area contributed by atoms with Crippen molar-refractivity contribution < 1.29 is 19.0 Å². The number of benzene rings is 2. The fraction of sp³-hybridized carbons (Fsp3) is 0.417. The lowest BCUT2D eigenvalue weighted by molar-refractivity contribution is 0.0438. The van der Waals surface area contributed by atoms with E-state index >= 15 is 0 Å². The molecule has 2 atom stereocenters.